The highest BCUT2D eigenvalue weighted by Crippen LogP contribution is 2.22. The van der Waals surface area contributed by atoms with Crippen molar-refractivity contribution >= 4 is 5.91 Å². The molecular formula is C12H24N2O. The SMILES string of the molecule is CC1CC(=O)N(CCC(C)(C)C)CC1N. The van der Waals surface area contributed by atoms with Crippen LogP contribution in [0.5, 0.6) is 0 Å². The molecule has 1 fully saturated rings. The lowest BCUT2D eigenvalue weighted by Gasteiger charge is -2.36. The Kier molecular flexibility index (Phi) is 3.77. The summed E-state index contributed by atoms with van der Waals surface area (Å²) in [6.07, 6.45) is 1.66. The minimum absolute atomic E-state index is 0.155. The van der Waals surface area contributed by atoms with Crippen molar-refractivity contribution in [2.24, 2.45) is 17.1 Å². The van der Waals surface area contributed by atoms with Crippen LogP contribution < -0.4 is 5.73 Å². The molecule has 0 aromatic rings. The highest BCUT2D eigenvalue weighted by Gasteiger charge is 2.29. The third-order valence-corrected chi connectivity index (χ3v) is 3.14. The number of nitrogens with zero attached hydrogens (tertiary/aromatic N) is 1. The molecule has 3 nitrogen and oxygen atoms in total. The quantitative estimate of drug-likeness (QED) is 0.756. The molecule has 0 aromatic heterocycles. The molecule has 0 aliphatic carbocycles. The number of nitrogens with two attached hydrogens (primary N) is 1. The first-order chi connectivity index (χ1) is 6.79. The first kappa shape index (κ1) is 12.5. The third-order valence-electron chi connectivity index (χ3n) is 3.14. The Hall–Kier alpha value is -0.570. The van der Waals surface area contributed by atoms with Crippen molar-refractivity contribution in [2.45, 2.75) is 46.6 Å². The Morgan fingerprint density at radius 1 is 1.47 bits per heavy atom. The summed E-state index contributed by atoms with van der Waals surface area (Å²) in [4.78, 5) is 13.7. The fraction of sp³-hybridized carbons (Fsp3) is 0.917. The van der Waals surface area contributed by atoms with Gasteiger partial charge in [-0.25, -0.2) is 0 Å². The van der Waals surface area contributed by atoms with Gasteiger partial charge in [-0.3, -0.25) is 4.79 Å². The number of hydrogen-bond donors (Lipinski definition) is 1. The Morgan fingerprint density at radius 2 is 2.07 bits per heavy atom. The molecule has 1 rings (SSSR count). The van der Waals surface area contributed by atoms with Gasteiger partial charge in [0, 0.05) is 25.6 Å². The number of likely N-dealkylation sites (tertiary alicyclic amines) is 1. The summed E-state index contributed by atoms with van der Waals surface area (Å²) in [5.41, 5.74) is 6.26. The van der Waals surface area contributed by atoms with Crippen LogP contribution in [0.4, 0.5) is 0 Å². The van der Waals surface area contributed by atoms with Gasteiger partial charge >= 0.3 is 0 Å². The lowest BCUT2D eigenvalue weighted by Crippen LogP contribution is -2.51. The van der Waals surface area contributed by atoms with Gasteiger partial charge in [-0.05, 0) is 17.8 Å². The predicted octanol–water partition coefficient (Wildman–Crippen LogP) is 1.62. The zero-order valence-corrected chi connectivity index (χ0v) is 10.4. The van der Waals surface area contributed by atoms with Gasteiger partial charge in [0.2, 0.25) is 5.91 Å². The van der Waals surface area contributed by atoms with Gasteiger partial charge in [0.15, 0.2) is 0 Å². The molecule has 0 aromatic carbocycles. The van der Waals surface area contributed by atoms with Gasteiger partial charge in [-0.1, -0.05) is 27.7 Å². The van der Waals surface area contributed by atoms with Crippen molar-refractivity contribution in [1.29, 1.82) is 0 Å². The maximum atomic E-state index is 11.7. The molecule has 0 bridgehead atoms. The molecule has 1 amide bonds. The van der Waals surface area contributed by atoms with Gasteiger partial charge in [0.05, 0.1) is 0 Å². The Morgan fingerprint density at radius 3 is 2.60 bits per heavy atom. The summed E-state index contributed by atoms with van der Waals surface area (Å²) >= 11 is 0. The average molecular weight is 212 g/mol. The number of piperidine rings is 1. The highest BCUT2D eigenvalue weighted by atomic mass is 16.2. The first-order valence-electron chi connectivity index (χ1n) is 5.83. The molecule has 88 valence electrons. The maximum absolute atomic E-state index is 11.7. The van der Waals surface area contributed by atoms with Crippen molar-refractivity contribution < 1.29 is 4.79 Å². The molecule has 3 heteroatoms. The van der Waals surface area contributed by atoms with Crippen LogP contribution in [0.1, 0.15) is 40.5 Å². The summed E-state index contributed by atoms with van der Waals surface area (Å²) in [6, 6.07) is 0.155. The lowest BCUT2D eigenvalue weighted by molar-refractivity contribution is -0.135. The van der Waals surface area contributed by atoms with Gasteiger partial charge in [0.25, 0.3) is 0 Å². The van der Waals surface area contributed by atoms with Crippen LogP contribution in [0, 0.1) is 11.3 Å². The monoisotopic (exact) mass is 212 g/mol. The number of rotatable bonds is 2. The summed E-state index contributed by atoms with van der Waals surface area (Å²) in [7, 11) is 0. The molecule has 2 atom stereocenters. The predicted molar refractivity (Wildman–Crippen MR) is 62.4 cm³/mol. The van der Waals surface area contributed by atoms with E-state index in [-0.39, 0.29) is 17.4 Å². The summed E-state index contributed by atoms with van der Waals surface area (Å²) in [6.45, 7) is 10.2. The van der Waals surface area contributed by atoms with Gasteiger partial charge in [0.1, 0.15) is 0 Å². The molecule has 1 heterocycles. The first-order valence-corrected chi connectivity index (χ1v) is 5.83. The van der Waals surface area contributed by atoms with Crippen LogP contribution >= 0.6 is 0 Å². The largest absolute Gasteiger partial charge is 0.341 e. The molecule has 2 N–H and O–H groups in total. The second-order valence-electron chi connectivity index (χ2n) is 6.00. The van der Waals surface area contributed by atoms with Crippen LogP contribution in [0.3, 0.4) is 0 Å². The number of hydrogen-bond acceptors (Lipinski definition) is 2. The highest BCUT2D eigenvalue weighted by molar-refractivity contribution is 5.77. The standard InChI is InChI=1S/C12H24N2O/c1-9-7-11(15)14(8-10(9)13)6-5-12(2,3)4/h9-10H,5-8,13H2,1-4H3. The van der Waals surface area contributed by atoms with E-state index in [4.69, 9.17) is 5.73 Å². The van der Waals surface area contributed by atoms with Crippen LogP contribution in [0.25, 0.3) is 0 Å². The van der Waals surface area contributed by atoms with E-state index in [1.165, 1.54) is 0 Å². The molecule has 2 unspecified atom stereocenters. The average Bonchev–Trinajstić information content (AvgIpc) is 2.07. The van der Waals surface area contributed by atoms with Crippen LogP contribution in [-0.4, -0.2) is 29.9 Å². The normalized spacial score (nSPS) is 28.3. The van der Waals surface area contributed by atoms with Crippen LogP contribution in [0.2, 0.25) is 0 Å². The molecule has 15 heavy (non-hydrogen) atoms. The van der Waals surface area contributed by atoms with Crippen molar-refractivity contribution in [1.82, 2.24) is 4.90 Å². The molecule has 1 aliphatic heterocycles. The second-order valence-corrected chi connectivity index (χ2v) is 6.00. The van der Waals surface area contributed by atoms with Crippen molar-refractivity contribution in [2.75, 3.05) is 13.1 Å². The fourth-order valence-electron chi connectivity index (χ4n) is 1.78. The minimum atomic E-state index is 0.155. The summed E-state index contributed by atoms with van der Waals surface area (Å²) in [5, 5.41) is 0. The van der Waals surface area contributed by atoms with Crippen molar-refractivity contribution in [3.8, 4) is 0 Å². The number of amides is 1. The van der Waals surface area contributed by atoms with E-state index in [0.29, 0.717) is 12.3 Å². The second kappa shape index (κ2) is 4.52. The molecule has 0 spiro atoms. The molecule has 0 saturated carbocycles. The van der Waals surface area contributed by atoms with Crippen LogP contribution in [0.15, 0.2) is 0 Å². The van der Waals surface area contributed by atoms with E-state index >= 15 is 0 Å². The van der Waals surface area contributed by atoms with Gasteiger partial charge in [-0.15, -0.1) is 0 Å². The minimum Gasteiger partial charge on any atom is -0.341 e. The summed E-state index contributed by atoms with van der Waals surface area (Å²) < 4.78 is 0. The lowest BCUT2D eigenvalue weighted by atomic mass is 9.90. The van der Waals surface area contributed by atoms with Gasteiger partial charge in [-0.2, -0.15) is 0 Å². The fourth-order valence-corrected chi connectivity index (χ4v) is 1.78. The molecule has 1 saturated heterocycles. The maximum Gasteiger partial charge on any atom is 0.222 e. The van der Waals surface area contributed by atoms with E-state index in [9.17, 15) is 4.79 Å². The van der Waals surface area contributed by atoms with E-state index < -0.39 is 0 Å². The van der Waals surface area contributed by atoms with E-state index in [2.05, 4.69) is 27.7 Å². The number of carbonyl (C=O) groups is 1. The zero-order valence-electron chi connectivity index (χ0n) is 10.4. The van der Waals surface area contributed by atoms with E-state index in [1.807, 2.05) is 4.90 Å². The Balaban J connectivity index is 2.45. The molecular weight excluding hydrogens is 188 g/mol. The van der Waals surface area contributed by atoms with E-state index in [1.54, 1.807) is 0 Å². The number of carbonyl (C=O) groups excluding carboxylic acids is 1. The van der Waals surface area contributed by atoms with Crippen molar-refractivity contribution in [3.63, 3.8) is 0 Å². The topological polar surface area (TPSA) is 46.3 Å². The Bertz CT molecular complexity index is 232. The smallest absolute Gasteiger partial charge is 0.222 e. The third kappa shape index (κ3) is 3.82. The molecule has 1 aliphatic rings. The zero-order chi connectivity index (χ0) is 11.6. The molecule has 0 radical (unpaired) electrons. The van der Waals surface area contributed by atoms with Gasteiger partial charge < -0.3 is 10.6 Å². The van der Waals surface area contributed by atoms with E-state index in [0.717, 1.165) is 19.5 Å². The Labute approximate surface area is 93.0 Å². The van der Waals surface area contributed by atoms with Crippen LogP contribution in [-0.2, 0) is 4.79 Å². The summed E-state index contributed by atoms with van der Waals surface area (Å²) in [5.74, 6) is 0.608. The van der Waals surface area contributed by atoms with Crippen molar-refractivity contribution in [3.05, 3.63) is 0 Å².